The first-order chi connectivity index (χ1) is 15.2. The van der Waals surface area contributed by atoms with E-state index in [4.69, 9.17) is 9.51 Å². The molecule has 0 spiro atoms. The van der Waals surface area contributed by atoms with Crippen LogP contribution >= 0.6 is 11.3 Å². The van der Waals surface area contributed by atoms with Gasteiger partial charge in [-0.3, -0.25) is 4.79 Å². The number of rotatable bonds is 6. The predicted octanol–water partition coefficient (Wildman–Crippen LogP) is 4.06. The van der Waals surface area contributed by atoms with Crippen molar-refractivity contribution in [1.29, 1.82) is 0 Å². The molecule has 1 N–H and O–H groups in total. The quantitative estimate of drug-likeness (QED) is 0.494. The minimum Gasteiger partial charge on any atom is -0.352 e. The van der Waals surface area contributed by atoms with Crippen molar-refractivity contribution in [3.63, 3.8) is 0 Å². The highest BCUT2D eigenvalue weighted by atomic mass is 32.1. The number of thiazole rings is 1. The van der Waals surface area contributed by atoms with Crippen molar-refractivity contribution >= 4 is 32.6 Å². The Labute approximate surface area is 184 Å². The lowest BCUT2D eigenvalue weighted by Gasteiger charge is -2.32. The summed E-state index contributed by atoms with van der Waals surface area (Å²) in [6.07, 6.45) is 2.77. The first-order valence-corrected chi connectivity index (χ1v) is 11.3. The minimum absolute atomic E-state index is 0.00982. The summed E-state index contributed by atoms with van der Waals surface area (Å²) < 4.78 is 6.50. The Hall–Kier alpha value is -3.26. The van der Waals surface area contributed by atoms with E-state index in [0.717, 1.165) is 42.1 Å². The number of aromatic nitrogens is 3. The summed E-state index contributed by atoms with van der Waals surface area (Å²) in [5.41, 5.74) is 1.93. The van der Waals surface area contributed by atoms with Crippen LogP contribution in [0.5, 0.6) is 0 Å². The summed E-state index contributed by atoms with van der Waals surface area (Å²) >= 11 is 1.71. The molecule has 5 rings (SSSR count). The molecule has 1 aliphatic heterocycles. The lowest BCUT2D eigenvalue weighted by molar-refractivity contribution is -0.121. The molecule has 0 aliphatic carbocycles. The van der Waals surface area contributed by atoms with Gasteiger partial charge in [0.2, 0.25) is 17.6 Å². The van der Waals surface area contributed by atoms with Crippen LogP contribution in [0.1, 0.15) is 25.2 Å². The number of nitrogens with zero attached hydrogens (tertiary/aromatic N) is 4. The molecular formula is C23H23N5O2S. The molecule has 3 heterocycles. The van der Waals surface area contributed by atoms with Crippen LogP contribution in [0.3, 0.4) is 0 Å². The molecule has 0 radical (unpaired) electrons. The highest BCUT2D eigenvalue weighted by Crippen LogP contribution is 2.30. The van der Waals surface area contributed by atoms with Gasteiger partial charge in [0, 0.05) is 37.5 Å². The molecule has 7 nitrogen and oxygen atoms in total. The lowest BCUT2D eigenvalue weighted by atomic mass is 10.1. The van der Waals surface area contributed by atoms with Crippen LogP contribution in [0.25, 0.3) is 21.6 Å². The van der Waals surface area contributed by atoms with E-state index >= 15 is 0 Å². The van der Waals surface area contributed by atoms with E-state index in [1.807, 2.05) is 48.5 Å². The summed E-state index contributed by atoms with van der Waals surface area (Å²) in [4.78, 5) is 24.0. The fraction of sp³-hybridized carbons (Fsp3) is 0.304. The Morgan fingerprint density at radius 3 is 2.84 bits per heavy atom. The van der Waals surface area contributed by atoms with Crippen LogP contribution in [0.2, 0.25) is 0 Å². The van der Waals surface area contributed by atoms with Crippen molar-refractivity contribution in [2.45, 2.75) is 31.7 Å². The Morgan fingerprint density at radius 1 is 1.13 bits per heavy atom. The van der Waals surface area contributed by atoms with Crippen molar-refractivity contribution in [2.75, 3.05) is 18.0 Å². The second kappa shape index (κ2) is 8.85. The van der Waals surface area contributed by atoms with Crippen molar-refractivity contribution < 1.29 is 9.32 Å². The number of benzene rings is 2. The average molecular weight is 434 g/mol. The van der Waals surface area contributed by atoms with E-state index < -0.39 is 0 Å². The Morgan fingerprint density at radius 2 is 1.97 bits per heavy atom. The van der Waals surface area contributed by atoms with Crippen LogP contribution in [0, 0.1) is 0 Å². The maximum absolute atomic E-state index is 12.5. The second-order valence-electron chi connectivity index (χ2n) is 7.69. The lowest BCUT2D eigenvalue weighted by Crippen LogP contribution is -2.47. The number of aryl methyl sites for hydroxylation is 1. The molecule has 1 amide bonds. The number of hydrogen-bond acceptors (Lipinski definition) is 7. The van der Waals surface area contributed by atoms with Gasteiger partial charge >= 0.3 is 0 Å². The van der Waals surface area contributed by atoms with E-state index in [0.29, 0.717) is 24.6 Å². The summed E-state index contributed by atoms with van der Waals surface area (Å²) in [6, 6.07) is 18.0. The number of anilines is 1. The average Bonchev–Trinajstić information content (AvgIpc) is 3.46. The van der Waals surface area contributed by atoms with Crippen molar-refractivity contribution in [2.24, 2.45) is 0 Å². The molecule has 4 aromatic rings. The largest absolute Gasteiger partial charge is 0.352 e. The first kappa shape index (κ1) is 19.7. The van der Waals surface area contributed by atoms with Gasteiger partial charge in [0.05, 0.1) is 10.2 Å². The number of fused-ring (bicyclic) bond motifs is 1. The molecule has 2 aromatic heterocycles. The summed E-state index contributed by atoms with van der Waals surface area (Å²) in [6.45, 7) is 1.75. The third-order valence-electron chi connectivity index (χ3n) is 5.41. The molecule has 158 valence electrons. The van der Waals surface area contributed by atoms with Gasteiger partial charge < -0.3 is 14.7 Å². The zero-order chi connectivity index (χ0) is 21.0. The zero-order valence-corrected chi connectivity index (χ0v) is 17.8. The van der Waals surface area contributed by atoms with Gasteiger partial charge in [0.1, 0.15) is 0 Å². The van der Waals surface area contributed by atoms with Gasteiger partial charge in [-0.2, -0.15) is 4.98 Å². The number of carbonyl (C=O) groups is 1. The number of nitrogens with one attached hydrogen (secondary N) is 1. The number of carbonyl (C=O) groups excluding carboxylic acids is 1. The van der Waals surface area contributed by atoms with Gasteiger partial charge in [-0.25, -0.2) is 4.98 Å². The third-order valence-corrected chi connectivity index (χ3v) is 6.50. The maximum Gasteiger partial charge on any atom is 0.227 e. The second-order valence-corrected chi connectivity index (χ2v) is 8.70. The number of para-hydroxylation sites is 1. The molecule has 31 heavy (non-hydrogen) atoms. The van der Waals surface area contributed by atoms with Crippen molar-refractivity contribution in [3.05, 3.63) is 60.5 Å². The Bertz CT molecular complexity index is 1140. The molecular weight excluding hydrogens is 410 g/mol. The highest BCUT2D eigenvalue weighted by Gasteiger charge is 2.24. The summed E-state index contributed by atoms with van der Waals surface area (Å²) in [7, 11) is 0. The van der Waals surface area contributed by atoms with Gasteiger partial charge in [-0.05, 0) is 25.0 Å². The molecule has 1 aliphatic rings. The fourth-order valence-corrected chi connectivity index (χ4v) is 4.85. The van der Waals surface area contributed by atoms with Crippen LogP contribution < -0.4 is 10.2 Å². The zero-order valence-electron chi connectivity index (χ0n) is 17.0. The van der Waals surface area contributed by atoms with Crippen LogP contribution in [0.4, 0.5) is 5.13 Å². The summed E-state index contributed by atoms with van der Waals surface area (Å²) in [5, 5.41) is 8.21. The van der Waals surface area contributed by atoms with Crippen molar-refractivity contribution in [1.82, 2.24) is 20.4 Å². The molecule has 0 saturated carbocycles. The Kier molecular flexibility index (Phi) is 5.62. The molecule has 2 aromatic carbocycles. The SMILES string of the molecule is O=C(CCc1nc(-c2ccccc2)no1)N[C@@H]1CCCN(c2nc3ccccc3s2)C1. The molecule has 1 saturated heterocycles. The smallest absolute Gasteiger partial charge is 0.227 e. The number of piperidine rings is 1. The topological polar surface area (TPSA) is 84.1 Å². The van der Waals surface area contributed by atoms with Crippen LogP contribution in [-0.2, 0) is 11.2 Å². The van der Waals surface area contributed by atoms with Gasteiger partial charge in [0.25, 0.3) is 0 Å². The van der Waals surface area contributed by atoms with E-state index in [1.165, 1.54) is 4.70 Å². The molecule has 1 atom stereocenters. The predicted molar refractivity (Wildman–Crippen MR) is 121 cm³/mol. The highest BCUT2D eigenvalue weighted by molar-refractivity contribution is 7.22. The molecule has 0 bridgehead atoms. The van der Waals surface area contributed by atoms with Gasteiger partial charge in [-0.1, -0.05) is 59.0 Å². The normalized spacial score (nSPS) is 16.5. The van der Waals surface area contributed by atoms with E-state index in [1.54, 1.807) is 11.3 Å². The number of hydrogen-bond donors (Lipinski definition) is 1. The molecule has 0 unspecified atom stereocenters. The molecule has 8 heteroatoms. The Balaban J connectivity index is 1.15. The summed E-state index contributed by atoms with van der Waals surface area (Å²) in [5.74, 6) is 1.04. The van der Waals surface area contributed by atoms with E-state index in [2.05, 4.69) is 26.4 Å². The van der Waals surface area contributed by atoms with Crippen molar-refractivity contribution in [3.8, 4) is 11.4 Å². The standard InChI is InChI=1S/C23H23N5O2S/c29-20(12-13-21-26-22(27-30-21)16-7-2-1-3-8-16)24-17-9-6-14-28(15-17)23-25-18-10-4-5-11-19(18)31-23/h1-5,7-8,10-11,17H,6,9,12-15H2,(H,24,29)/t17-/m1/s1. The third kappa shape index (κ3) is 4.59. The minimum atomic E-state index is 0.00982. The number of amides is 1. The fourth-order valence-electron chi connectivity index (χ4n) is 3.85. The van der Waals surface area contributed by atoms with Gasteiger partial charge in [-0.15, -0.1) is 0 Å². The molecule has 1 fully saturated rings. The van der Waals surface area contributed by atoms with Crippen LogP contribution in [-0.4, -0.2) is 40.2 Å². The first-order valence-electron chi connectivity index (χ1n) is 10.5. The monoisotopic (exact) mass is 433 g/mol. The van der Waals surface area contributed by atoms with Gasteiger partial charge in [0.15, 0.2) is 5.13 Å². The van der Waals surface area contributed by atoms with E-state index in [-0.39, 0.29) is 11.9 Å². The maximum atomic E-state index is 12.5. The van der Waals surface area contributed by atoms with Crippen LogP contribution in [0.15, 0.2) is 59.1 Å². The van der Waals surface area contributed by atoms with E-state index in [9.17, 15) is 4.79 Å².